The molecule has 2 aliphatic rings. The van der Waals surface area contributed by atoms with E-state index in [4.69, 9.17) is 16.3 Å². The van der Waals surface area contributed by atoms with Gasteiger partial charge < -0.3 is 26.3 Å². The zero-order valence-electron chi connectivity index (χ0n) is 14.9. The molecule has 1 saturated heterocycles. The number of halogens is 1. The molecule has 1 aliphatic heterocycles. The van der Waals surface area contributed by atoms with Crippen LogP contribution in [0.4, 0.5) is 10.1 Å². The van der Waals surface area contributed by atoms with Crippen LogP contribution < -0.4 is 32.5 Å². The summed E-state index contributed by atoms with van der Waals surface area (Å²) in [6.45, 7) is 0.545. The summed E-state index contributed by atoms with van der Waals surface area (Å²) >= 11 is 0. The fourth-order valence-corrected chi connectivity index (χ4v) is 3.81. The van der Waals surface area contributed by atoms with E-state index in [2.05, 4.69) is 0 Å². The molecule has 2 fully saturated rings. The lowest BCUT2D eigenvalue weighted by Crippen LogP contribution is -2.44. The molecule has 0 spiro atoms. The second kappa shape index (κ2) is 5.96. The number of β-amino-alcohol motifs (C(OH)–C–C–N with tert-alkyl or cyclic N) is 1. The number of fused-ring (bicyclic) bond motifs is 1. The maximum Gasteiger partial charge on any atom is 0.350 e. The average Bonchev–Trinajstić information content (AvgIpc) is 3.41. The molecule has 1 unspecified atom stereocenters. The molecule has 4 rings (SSSR count). The molecule has 1 saturated carbocycles. The molecule has 9 nitrogen and oxygen atoms in total. The van der Waals surface area contributed by atoms with E-state index in [1.165, 1.54) is 11.7 Å². The molecule has 1 aromatic heterocycles. The maximum absolute atomic E-state index is 15.0. The van der Waals surface area contributed by atoms with E-state index in [0.717, 1.165) is 18.9 Å². The van der Waals surface area contributed by atoms with Gasteiger partial charge in [0.15, 0.2) is 11.6 Å². The Kier molecular flexibility index (Phi) is 3.93. The van der Waals surface area contributed by atoms with Gasteiger partial charge in [-0.1, -0.05) is 0 Å². The highest BCUT2D eigenvalue weighted by molar-refractivity contribution is 5.91. The van der Waals surface area contributed by atoms with Crippen molar-refractivity contribution < 1.29 is 14.2 Å². The van der Waals surface area contributed by atoms with E-state index in [9.17, 15) is 14.7 Å². The predicted octanol–water partition coefficient (Wildman–Crippen LogP) is -0.740. The van der Waals surface area contributed by atoms with Gasteiger partial charge in [0.1, 0.15) is 11.2 Å². The van der Waals surface area contributed by atoms with Gasteiger partial charge in [0.2, 0.25) is 0 Å². The normalized spacial score (nSPS) is 22.6. The summed E-state index contributed by atoms with van der Waals surface area (Å²) in [5.74, 6) is 5.03. The Hall–Kier alpha value is -2.59. The summed E-state index contributed by atoms with van der Waals surface area (Å²) in [5, 5.41) is 10.4. The summed E-state index contributed by atoms with van der Waals surface area (Å²) in [7, 11) is 1.36. The molecule has 146 valence electrons. The summed E-state index contributed by atoms with van der Waals surface area (Å²) in [5.41, 5.74) is 3.41. The van der Waals surface area contributed by atoms with E-state index >= 15 is 4.39 Å². The number of aromatic nitrogens is 2. The second-order valence-electron chi connectivity index (χ2n) is 7.30. The molecule has 5 N–H and O–H groups in total. The molecule has 0 bridgehead atoms. The van der Waals surface area contributed by atoms with Gasteiger partial charge in [0, 0.05) is 25.7 Å². The number of anilines is 1. The highest BCUT2D eigenvalue weighted by Crippen LogP contribution is 2.43. The Bertz CT molecular complexity index is 1040. The molecule has 27 heavy (non-hydrogen) atoms. The van der Waals surface area contributed by atoms with Crippen molar-refractivity contribution in [2.75, 3.05) is 37.5 Å². The molecule has 2 heterocycles. The lowest BCUT2D eigenvalue weighted by atomic mass is 10.0. The standard InChI is InChI=1S/C17H22FN5O4/c1-27-14-12-10(15(24)23(20)16(25)22(12)9-2-3-9)6-11(18)13(14)21-5-4-17(26,7-19)8-21/h6,9,26H,2-5,7-8,19-20H2,1H3. The Labute approximate surface area is 153 Å². The van der Waals surface area contributed by atoms with Crippen LogP contribution in [-0.2, 0) is 0 Å². The highest BCUT2D eigenvalue weighted by atomic mass is 19.1. The van der Waals surface area contributed by atoms with Crippen LogP contribution in [0, 0.1) is 5.82 Å². The molecule has 1 atom stereocenters. The van der Waals surface area contributed by atoms with Crippen molar-refractivity contribution in [3.63, 3.8) is 0 Å². The third kappa shape index (κ3) is 2.59. The van der Waals surface area contributed by atoms with Crippen LogP contribution >= 0.6 is 0 Å². The number of nitrogens with zero attached hydrogens (tertiary/aromatic N) is 3. The number of methoxy groups -OCH3 is 1. The summed E-state index contributed by atoms with van der Waals surface area (Å²) < 4.78 is 22.4. The number of aliphatic hydroxyl groups is 1. The smallest absolute Gasteiger partial charge is 0.350 e. The summed E-state index contributed by atoms with van der Waals surface area (Å²) in [4.78, 5) is 26.7. The van der Waals surface area contributed by atoms with Gasteiger partial charge in [-0.25, -0.2) is 9.18 Å². The van der Waals surface area contributed by atoms with Crippen LogP contribution in [0.3, 0.4) is 0 Å². The number of nitrogens with two attached hydrogens (primary N) is 2. The molecule has 0 radical (unpaired) electrons. The first-order chi connectivity index (χ1) is 12.8. The topological polar surface area (TPSA) is 129 Å². The van der Waals surface area contributed by atoms with Crippen LogP contribution in [0.5, 0.6) is 5.75 Å². The molecular formula is C17H22FN5O4. The first-order valence-electron chi connectivity index (χ1n) is 8.81. The third-order valence-electron chi connectivity index (χ3n) is 5.43. The Morgan fingerprint density at radius 2 is 2.11 bits per heavy atom. The quantitative estimate of drug-likeness (QED) is 0.597. The zero-order chi connectivity index (χ0) is 19.5. The highest BCUT2D eigenvalue weighted by Gasteiger charge is 2.38. The van der Waals surface area contributed by atoms with Crippen LogP contribution in [-0.4, -0.2) is 46.7 Å². The molecular weight excluding hydrogens is 357 g/mol. The van der Waals surface area contributed by atoms with Crippen LogP contribution in [0.15, 0.2) is 15.7 Å². The maximum atomic E-state index is 15.0. The van der Waals surface area contributed by atoms with Gasteiger partial charge in [-0.15, -0.1) is 0 Å². The molecule has 10 heteroatoms. The molecule has 1 aliphatic carbocycles. The van der Waals surface area contributed by atoms with Gasteiger partial charge in [-0.3, -0.25) is 9.36 Å². The van der Waals surface area contributed by atoms with Crippen molar-refractivity contribution in [2.45, 2.75) is 30.9 Å². The van der Waals surface area contributed by atoms with E-state index in [-0.39, 0.29) is 41.5 Å². The fourth-order valence-electron chi connectivity index (χ4n) is 3.81. The van der Waals surface area contributed by atoms with E-state index in [1.807, 2.05) is 0 Å². The van der Waals surface area contributed by atoms with Gasteiger partial charge >= 0.3 is 5.69 Å². The second-order valence-corrected chi connectivity index (χ2v) is 7.30. The number of nitrogen functional groups attached to an aromatic ring is 1. The number of hydrogen-bond acceptors (Lipinski definition) is 7. The van der Waals surface area contributed by atoms with Gasteiger partial charge in [-0.05, 0) is 25.3 Å². The Morgan fingerprint density at radius 3 is 2.67 bits per heavy atom. The number of hydrogen-bond donors (Lipinski definition) is 3. The average molecular weight is 379 g/mol. The minimum absolute atomic E-state index is 0.0182. The SMILES string of the molecule is COc1c(N2CCC(O)(CN)C2)c(F)cc2c(=O)n(N)c(=O)n(C3CC3)c12. The number of rotatable bonds is 4. The first-order valence-corrected chi connectivity index (χ1v) is 8.81. The zero-order valence-corrected chi connectivity index (χ0v) is 14.9. The monoisotopic (exact) mass is 379 g/mol. The van der Waals surface area contributed by atoms with Crippen molar-refractivity contribution in [1.82, 2.24) is 9.24 Å². The van der Waals surface area contributed by atoms with Crippen LogP contribution in [0.2, 0.25) is 0 Å². The van der Waals surface area contributed by atoms with Crippen molar-refractivity contribution in [1.29, 1.82) is 0 Å². The van der Waals surface area contributed by atoms with Crippen molar-refractivity contribution >= 4 is 16.6 Å². The molecule has 1 aromatic carbocycles. The van der Waals surface area contributed by atoms with Gasteiger partial charge in [0.25, 0.3) is 5.56 Å². The predicted molar refractivity (Wildman–Crippen MR) is 98.2 cm³/mol. The summed E-state index contributed by atoms with van der Waals surface area (Å²) in [6, 6.07) is 0.971. The van der Waals surface area contributed by atoms with Crippen molar-refractivity contribution in [3.8, 4) is 5.75 Å². The number of ether oxygens (including phenoxy) is 1. The number of benzene rings is 1. The van der Waals surface area contributed by atoms with Crippen molar-refractivity contribution in [3.05, 3.63) is 32.7 Å². The van der Waals surface area contributed by atoms with Crippen molar-refractivity contribution in [2.24, 2.45) is 5.73 Å². The van der Waals surface area contributed by atoms with E-state index in [0.29, 0.717) is 17.6 Å². The Morgan fingerprint density at radius 1 is 1.41 bits per heavy atom. The first kappa shape index (κ1) is 17.8. The minimum Gasteiger partial charge on any atom is -0.492 e. The largest absolute Gasteiger partial charge is 0.492 e. The lowest BCUT2D eigenvalue weighted by molar-refractivity contribution is 0.0725. The van der Waals surface area contributed by atoms with Crippen LogP contribution in [0.1, 0.15) is 25.3 Å². The summed E-state index contributed by atoms with van der Waals surface area (Å²) in [6.07, 6.45) is 1.91. The van der Waals surface area contributed by atoms with Gasteiger partial charge in [0.05, 0.1) is 18.1 Å². The molecule has 2 aromatic rings. The van der Waals surface area contributed by atoms with E-state index < -0.39 is 22.7 Å². The fraction of sp³-hybridized carbons (Fsp3) is 0.529. The lowest BCUT2D eigenvalue weighted by Gasteiger charge is -2.26. The Balaban J connectivity index is 2.04. The van der Waals surface area contributed by atoms with E-state index in [1.54, 1.807) is 4.90 Å². The van der Waals surface area contributed by atoms with Gasteiger partial charge in [-0.2, -0.15) is 4.68 Å². The third-order valence-corrected chi connectivity index (χ3v) is 5.43. The minimum atomic E-state index is -1.12. The molecule has 0 amide bonds. The van der Waals surface area contributed by atoms with Crippen LogP contribution in [0.25, 0.3) is 10.9 Å².